The summed E-state index contributed by atoms with van der Waals surface area (Å²) < 4.78 is 4.95. The number of nitrogens with zero attached hydrogens (tertiary/aromatic N) is 2. The standard InChI is InChI=1S/C22H19N3O2S/c1-2-27-20(26)12-18-14-28-22(24-18)25-23-13-17-8-5-7-16-11-10-15-6-3-4-9-19(15)21(16)17/h3-11,13-14H,2,12H2,1H3,(H,24,25). The van der Waals surface area contributed by atoms with Crippen molar-refractivity contribution in [1.29, 1.82) is 0 Å². The summed E-state index contributed by atoms with van der Waals surface area (Å²) in [6.45, 7) is 2.16. The number of aromatic nitrogens is 1. The zero-order chi connectivity index (χ0) is 19.3. The summed E-state index contributed by atoms with van der Waals surface area (Å²) in [7, 11) is 0. The van der Waals surface area contributed by atoms with E-state index >= 15 is 0 Å². The molecule has 140 valence electrons. The molecule has 0 amide bonds. The largest absolute Gasteiger partial charge is 0.466 e. The molecule has 4 rings (SSSR count). The van der Waals surface area contributed by atoms with Gasteiger partial charge in [-0.15, -0.1) is 11.3 Å². The van der Waals surface area contributed by atoms with Gasteiger partial charge in [0.25, 0.3) is 0 Å². The van der Waals surface area contributed by atoms with Gasteiger partial charge in [-0.1, -0.05) is 54.6 Å². The molecule has 0 unspecified atom stereocenters. The predicted molar refractivity (Wildman–Crippen MR) is 115 cm³/mol. The Hall–Kier alpha value is -3.25. The maximum absolute atomic E-state index is 11.5. The Morgan fingerprint density at radius 1 is 1.14 bits per heavy atom. The minimum absolute atomic E-state index is 0.172. The Bertz CT molecular complexity index is 1170. The molecule has 0 fully saturated rings. The summed E-state index contributed by atoms with van der Waals surface area (Å²) in [5.41, 5.74) is 4.67. The molecule has 0 aliphatic carbocycles. The Labute approximate surface area is 166 Å². The molecule has 0 saturated heterocycles. The Kier molecular flexibility index (Phi) is 5.30. The van der Waals surface area contributed by atoms with Crippen LogP contribution in [0.15, 0.2) is 65.1 Å². The number of thiazole rings is 1. The third-order valence-electron chi connectivity index (χ3n) is 4.35. The van der Waals surface area contributed by atoms with Crippen LogP contribution < -0.4 is 5.43 Å². The molecular weight excluding hydrogens is 370 g/mol. The van der Waals surface area contributed by atoms with Crippen molar-refractivity contribution in [2.45, 2.75) is 13.3 Å². The third-order valence-corrected chi connectivity index (χ3v) is 5.14. The maximum atomic E-state index is 11.5. The Morgan fingerprint density at radius 2 is 1.96 bits per heavy atom. The predicted octanol–water partition coefficient (Wildman–Crippen LogP) is 5.00. The van der Waals surface area contributed by atoms with Crippen LogP contribution in [0.25, 0.3) is 21.5 Å². The quantitative estimate of drug-likeness (QED) is 0.218. The topological polar surface area (TPSA) is 63.6 Å². The smallest absolute Gasteiger partial charge is 0.311 e. The third kappa shape index (κ3) is 3.87. The minimum Gasteiger partial charge on any atom is -0.466 e. The first-order chi connectivity index (χ1) is 13.7. The van der Waals surface area contributed by atoms with Gasteiger partial charge in [-0.25, -0.2) is 4.98 Å². The summed E-state index contributed by atoms with van der Waals surface area (Å²) >= 11 is 1.41. The van der Waals surface area contributed by atoms with E-state index in [9.17, 15) is 4.79 Å². The zero-order valence-electron chi connectivity index (χ0n) is 15.4. The van der Waals surface area contributed by atoms with Crippen molar-refractivity contribution < 1.29 is 9.53 Å². The van der Waals surface area contributed by atoms with Crippen LogP contribution in [-0.4, -0.2) is 23.8 Å². The fourth-order valence-corrected chi connectivity index (χ4v) is 3.81. The number of anilines is 1. The number of carbonyl (C=O) groups excluding carboxylic acids is 1. The highest BCUT2D eigenvalue weighted by Gasteiger charge is 2.08. The molecule has 0 atom stereocenters. The first kappa shape index (κ1) is 18.1. The van der Waals surface area contributed by atoms with E-state index < -0.39 is 0 Å². The van der Waals surface area contributed by atoms with Gasteiger partial charge in [-0.2, -0.15) is 5.10 Å². The van der Waals surface area contributed by atoms with E-state index in [1.54, 1.807) is 13.1 Å². The van der Waals surface area contributed by atoms with E-state index in [2.05, 4.69) is 51.9 Å². The van der Waals surface area contributed by atoms with Gasteiger partial charge in [-0.3, -0.25) is 10.2 Å². The number of hydrogen-bond acceptors (Lipinski definition) is 6. The van der Waals surface area contributed by atoms with E-state index in [4.69, 9.17) is 4.74 Å². The van der Waals surface area contributed by atoms with Crippen LogP contribution in [0.3, 0.4) is 0 Å². The number of hydrogen-bond donors (Lipinski definition) is 1. The number of nitrogens with one attached hydrogen (secondary N) is 1. The number of fused-ring (bicyclic) bond motifs is 3. The lowest BCUT2D eigenvalue weighted by molar-refractivity contribution is -0.142. The van der Waals surface area contributed by atoms with E-state index in [1.165, 1.54) is 32.9 Å². The fourth-order valence-electron chi connectivity index (χ4n) is 3.15. The second-order valence-electron chi connectivity index (χ2n) is 6.23. The van der Waals surface area contributed by atoms with Gasteiger partial charge in [0.1, 0.15) is 0 Å². The number of rotatable bonds is 6. The number of ether oxygens (including phenoxy) is 1. The van der Waals surface area contributed by atoms with Crippen molar-refractivity contribution in [1.82, 2.24) is 4.98 Å². The maximum Gasteiger partial charge on any atom is 0.311 e. The van der Waals surface area contributed by atoms with Crippen molar-refractivity contribution in [3.05, 3.63) is 71.2 Å². The Morgan fingerprint density at radius 3 is 2.86 bits per heavy atom. The zero-order valence-corrected chi connectivity index (χ0v) is 16.2. The molecule has 4 aromatic rings. The van der Waals surface area contributed by atoms with Crippen molar-refractivity contribution in [3.8, 4) is 0 Å². The second-order valence-corrected chi connectivity index (χ2v) is 7.09. The highest BCUT2D eigenvalue weighted by Crippen LogP contribution is 2.27. The van der Waals surface area contributed by atoms with Crippen LogP contribution in [0.5, 0.6) is 0 Å². The average molecular weight is 389 g/mol. The average Bonchev–Trinajstić information content (AvgIpc) is 3.15. The molecule has 3 aromatic carbocycles. The molecule has 6 heteroatoms. The summed E-state index contributed by atoms with van der Waals surface area (Å²) in [5, 5.41) is 11.6. The molecule has 1 N–H and O–H groups in total. The lowest BCUT2D eigenvalue weighted by Crippen LogP contribution is -2.07. The molecule has 0 saturated carbocycles. The van der Waals surface area contributed by atoms with Crippen molar-refractivity contribution in [2.75, 3.05) is 12.0 Å². The van der Waals surface area contributed by atoms with Crippen LogP contribution in [-0.2, 0) is 16.0 Å². The van der Waals surface area contributed by atoms with Crippen molar-refractivity contribution in [2.24, 2.45) is 5.10 Å². The molecule has 28 heavy (non-hydrogen) atoms. The van der Waals surface area contributed by atoms with Crippen LogP contribution in [0, 0.1) is 0 Å². The van der Waals surface area contributed by atoms with Gasteiger partial charge in [0.15, 0.2) is 0 Å². The molecule has 0 bridgehead atoms. The number of hydrazone groups is 1. The molecule has 0 radical (unpaired) electrons. The normalized spacial score (nSPS) is 11.3. The molecule has 0 spiro atoms. The van der Waals surface area contributed by atoms with Gasteiger partial charge in [0, 0.05) is 10.9 Å². The number of benzene rings is 3. The Balaban J connectivity index is 1.56. The van der Waals surface area contributed by atoms with E-state index in [-0.39, 0.29) is 12.4 Å². The lowest BCUT2D eigenvalue weighted by atomic mass is 9.98. The first-order valence-electron chi connectivity index (χ1n) is 9.04. The minimum atomic E-state index is -0.273. The lowest BCUT2D eigenvalue weighted by Gasteiger charge is -2.06. The highest BCUT2D eigenvalue weighted by molar-refractivity contribution is 7.13. The summed E-state index contributed by atoms with van der Waals surface area (Å²) in [6.07, 6.45) is 1.98. The van der Waals surface area contributed by atoms with Crippen molar-refractivity contribution >= 4 is 50.2 Å². The molecule has 1 heterocycles. The number of esters is 1. The van der Waals surface area contributed by atoms with Crippen LogP contribution >= 0.6 is 11.3 Å². The number of carbonyl (C=O) groups is 1. The second kappa shape index (κ2) is 8.19. The van der Waals surface area contributed by atoms with Gasteiger partial charge < -0.3 is 4.74 Å². The first-order valence-corrected chi connectivity index (χ1v) is 9.92. The van der Waals surface area contributed by atoms with Gasteiger partial charge in [0.05, 0.1) is 24.9 Å². The highest BCUT2D eigenvalue weighted by atomic mass is 32.1. The van der Waals surface area contributed by atoms with Gasteiger partial charge in [0.2, 0.25) is 5.13 Å². The molecule has 1 aromatic heterocycles. The summed E-state index contributed by atoms with van der Waals surface area (Å²) in [6, 6.07) is 18.8. The van der Waals surface area contributed by atoms with E-state index in [0.717, 1.165) is 5.56 Å². The van der Waals surface area contributed by atoms with Crippen molar-refractivity contribution in [3.63, 3.8) is 0 Å². The molecule has 0 aliphatic rings. The van der Waals surface area contributed by atoms with Crippen LogP contribution in [0.2, 0.25) is 0 Å². The van der Waals surface area contributed by atoms with Gasteiger partial charge >= 0.3 is 5.97 Å². The van der Waals surface area contributed by atoms with E-state index in [0.29, 0.717) is 17.4 Å². The molecule has 0 aliphatic heterocycles. The van der Waals surface area contributed by atoms with E-state index in [1.807, 2.05) is 23.6 Å². The fraction of sp³-hybridized carbons (Fsp3) is 0.136. The molecule has 5 nitrogen and oxygen atoms in total. The van der Waals surface area contributed by atoms with Crippen LogP contribution in [0.4, 0.5) is 5.13 Å². The van der Waals surface area contributed by atoms with Gasteiger partial charge in [-0.05, 0) is 28.5 Å². The monoisotopic (exact) mass is 389 g/mol. The SMILES string of the molecule is CCOC(=O)Cc1csc(NN=Cc2cccc3ccc4ccccc4c23)n1. The summed E-state index contributed by atoms with van der Waals surface area (Å²) in [4.78, 5) is 15.9. The summed E-state index contributed by atoms with van der Waals surface area (Å²) in [5.74, 6) is -0.273. The van der Waals surface area contributed by atoms with Crippen LogP contribution in [0.1, 0.15) is 18.2 Å². The molecular formula is C22H19N3O2S.